The Hall–Kier alpha value is -1.84. The molecule has 1 aliphatic rings. The highest BCUT2D eigenvalue weighted by molar-refractivity contribution is 5.30. The highest BCUT2D eigenvalue weighted by Gasteiger charge is 2.21. The van der Waals surface area contributed by atoms with E-state index in [1.165, 1.54) is 36.1 Å². The van der Waals surface area contributed by atoms with Gasteiger partial charge in [0, 0.05) is 19.1 Å². The summed E-state index contributed by atoms with van der Waals surface area (Å²) in [4.78, 5) is 2.58. The molecule has 0 aliphatic carbocycles. The molecule has 0 bridgehead atoms. The lowest BCUT2D eigenvalue weighted by molar-refractivity contribution is 0.260. The summed E-state index contributed by atoms with van der Waals surface area (Å²) in [6, 6.07) is 17.5. The first-order valence-corrected chi connectivity index (χ1v) is 9.47. The Kier molecular flexibility index (Phi) is 6.48. The lowest BCUT2D eigenvalue weighted by Gasteiger charge is -2.23. The van der Waals surface area contributed by atoms with Crippen molar-refractivity contribution in [3.8, 4) is 5.75 Å². The lowest BCUT2D eigenvalue weighted by atomic mass is 10.1. The molecule has 3 nitrogen and oxygen atoms in total. The van der Waals surface area contributed by atoms with Crippen LogP contribution in [-0.2, 0) is 13.2 Å². The zero-order chi connectivity index (χ0) is 17.5. The molecule has 0 amide bonds. The molecule has 0 radical (unpaired) electrons. The molecule has 2 aromatic rings. The predicted molar refractivity (Wildman–Crippen MR) is 104 cm³/mol. The van der Waals surface area contributed by atoms with Gasteiger partial charge in [-0.2, -0.15) is 0 Å². The van der Waals surface area contributed by atoms with Gasteiger partial charge in [0.2, 0.25) is 0 Å². The Bertz CT molecular complexity index is 671. The van der Waals surface area contributed by atoms with E-state index >= 15 is 0 Å². The minimum Gasteiger partial charge on any atom is -0.489 e. The Morgan fingerprint density at radius 3 is 2.88 bits per heavy atom. The summed E-state index contributed by atoms with van der Waals surface area (Å²) < 4.78 is 5.99. The second kappa shape index (κ2) is 9.02. The first-order chi connectivity index (χ1) is 12.3. The molecule has 0 saturated carbocycles. The zero-order valence-electron chi connectivity index (χ0n) is 15.5. The molecular weight excluding hydrogens is 308 g/mol. The molecule has 1 N–H and O–H groups in total. The van der Waals surface area contributed by atoms with Gasteiger partial charge in [-0.1, -0.05) is 43.3 Å². The van der Waals surface area contributed by atoms with Gasteiger partial charge in [0.15, 0.2) is 0 Å². The van der Waals surface area contributed by atoms with E-state index < -0.39 is 0 Å². The Labute approximate surface area is 152 Å². The second-order valence-corrected chi connectivity index (χ2v) is 6.92. The van der Waals surface area contributed by atoms with E-state index in [-0.39, 0.29) is 0 Å². The van der Waals surface area contributed by atoms with Gasteiger partial charge in [0.1, 0.15) is 12.4 Å². The molecule has 1 atom stereocenters. The van der Waals surface area contributed by atoms with Gasteiger partial charge in [-0.25, -0.2) is 0 Å². The van der Waals surface area contributed by atoms with E-state index in [4.69, 9.17) is 4.74 Å². The maximum atomic E-state index is 5.99. The van der Waals surface area contributed by atoms with E-state index in [2.05, 4.69) is 66.5 Å². The third kappa shape index (κ3) is 5.07. The minimum atomic E-state index is 0.622. The molecule has 0 aromatic heterocycles. The Balaban J connectivity index is 1.49. The fraction of sp³-hybridized carbons (Fsp3) is 0.455. The van der Waals surface area contributed by atoms with Crippen molar-refractivity contribution in [2.45, 2.75) is 45.9 Å². The first kappa shape index (κ1) is 18.0. The lowest BCUT2D eigenvalue weighted by Crippen LogP contribution is -2.37. The van der Waals surface area contributed by atoms with Crippen LogP contribution in [0.15, 0.2) is 48.5 Å². The number of nitrogens with zero attached hydrogens (tertiary/aromatic N) is 1. The molecule has 3 rings (SSSR count). The topological polar surface area (TPSA) is 24.5 Å². The number of likely N-dealkylation sites (tertiary alicyclic amines) is 1. The minimum absolute atomic E-state index is 0.622. The van der Waals surface area contributed by atoms with Crippen molar-refractivity contribution in [3.05, 3.63) is 65.2 Å². The van der Waals surface area contributed by atoms with Crippen molar-refractivity contribution in [2.24, 2.45) is 0 Å². The van der Waals surface area contributed by atoms with Crippen LogP contribution in [0, 0.1) is 6.92 Å². The van der Waals surface area contributed by atoms with Gasteiger partial charge in [-0.3, -0.25) is 4.90 Å². The number of hydrogen-bond acceptors (Lipinski definition) is 3. The molecule has 1 aliphatic heterocycles. The summed E-state index contributed by atoms with van der Waals surface area (Å²) in [5.41, 5.74) is 3.80. The van der Waals surface area contributed by atoms with Gasteiger partial charge in [-0.15, -0.1) is 0 Å². The number of hydrogen-bond donors (Lipinski definition) is 1. The van der Waals surface area contributed by atoms with E-state index in [0.29, 0.717) is 12.6 Å². The second-order valence-electron chi connectivity index (χ2n) is 6.92. The molecular formula is C22H30N2O. The van der Waals surface area contributed by atoms with Gasteiger partial charge in [-0.05, 0) is 61.7 Å². The van der Waals surface area contributed by atoms with E-state index in [1.807, 2.05) is 6.07 Å². The fourth-order valence-corrected chi connectivity index (χ4v) is 3.60. The average molecular weight is 338 g/mol. The van der Waals surface area contributed by atoms with Crippen LogP contribution >= 0.6 is 0 Å². The number of benzene rings is 2. The fourth-order valence-electron chi connectivity index (χ4n) is 3.60. The molecule has 3 heteroatoms. The standard InChI is InChI=1S/C22H30N2O/c1-3-24-13-7-11-21(24)16-23-15-19-9-6-12-22(14-19)25-17-20-10-5-4-8-18(20)2/h4-6,8-10,12,14,21,23H,3,7,11,13,15-17H2,1-2H3/t21-/m0/s1. The molecule has 0 unspecified atom stereocenters. The maximum Gasteiger partial charge on any atom is 0.120 e. The third-order valence-electron chi connectivity index (χ3n) is 5.17. The van der Waals surface area contributed by atoms with Gasteiger partial charge < -0.3 is 10.1 Å². The number of rotatable bonds is 8. The van der Waals surface area contributed by atoms with Crippen LogP contribution in [0.4, 0.5) is 0 Å². The monoisotopic (exact) mass is 338 g/mol. The third-order valence-corrected chi connectivity index (χ3v) is 5.17. The van der Waals surface area contributed by atoms with Crippen molar-refractivity contribution in [1.29, 1.82) is 0 Å². The number of nitrogens with one attached hydrogen (secondary N) is 1. The van der Waals surface area contributed by atoms with Crippen molar-refractivity contribution in [2.75, 3.05) is 19.6 Å². The molecule has 0 spiro atoms. The summed E-state index contributed by atoms with van der Waals surface area (Å²) in [6.07, 6.45) is 2.66. The van der Waals surface area contributed by atoms with Gasteiger partial charge in [0.25, 0.3) is 0 Å². The van der Waals surface area contributed by atoms with E-state index in [9.17, 15) is 0 Å². The normalized spacial score (nSPS) is 17.8. The molecule has 1 fully saturated rings. The number of aryl methyl sites for hydroxylation is 1. The van der Waals surface area contributed by atoms with Gasteiger partial charge >= 0.3 is 0 Å². The number of ether oxygens (including phenoxy) is 1. The predicted octanol–water partition coefficient (Wildman–Crippen LogP) is 4.15. The molecule has 2 aromatic carbocycles. The summed E-state index contributed by atoms with van der Waals surface area (Å²) >= 11 is 0. The molecule has 25 heavy (non-hydrogen) atoms. The van der Waals surface area contributed by atoms with E-state index in [0.717, 1.165) is 25.4 Å². The van der Waals surface area contributed by atoms with Crippen molar-refractivity contribution < 1.29 is 4.74 Å². The SMILES string of the molecule is CCN1CCC[C@H]1CNCc1cccc(OCc2ccccc2C)c1. The number of likely N-dealkylation sites (N-methyl/N-ethyl adjacent to an activating group) is 1. The maximum absolute atomic E-state index is 5.99. The van der Waals surface area contributed by atoms with Crippen LogP contribution in [0.25, 0.3) is 0 Å². The van der Waals surface area contributed by atoms with Crippen molar-refractivity contribution >= 4 is 0 Å². The highest BCUT2D eigenvalue weighted by Crippen LogP contribution is 2.18. The highest BCUT2D eigenvalue weighted by atomic mass is 16.5. The van der Waals surface area contributed by atoms with Crippen LogP contribution in [0.2, 0.25) is 0 Å². The zero-order valence-corrected chi connectivity index (χ0v) is 15.5. The van der Waals surface area contributed by atoms with Gasteiger partial charge in [0.05, 0.1) is 0 Å². The van der Waals surface area contributed by atoms with Crippen LogP contribution in [0.3, 0.4) is 0 Å². The van der Waals surface area contributed by atoms with Crippen LogP contribution in [-0.4, -0.2) is 30.6 Å². The Morgan fingerprint density at radius 1 is 1.16 bits per heavy atom. The van der Waals surface area contributed by atoms with Crippen LogP contribution in [0.1, 0.15) is 36.5 Å². The van der Waals surface area contributed by atoms with Crippen LogP contribution < -0.4 is 10.1 Å². The average Bonchev–Trinajstić information content (AvgIpc) is 3.09. The van der Waals surface area contributed by atoms with E-state index in [1.54, 1.807) is 0 Å². The van der Waals surface area contributed by atoms with Crippen molar-refractivity contribution in [1.82, 2.24) is 10.2 Å². The summed E-state index contributed by atoms with van der Waals surface area (Å²) in [7, 11) is 0. The smallest absolute Gasteiger partial charge is 0.120 e. The molecule has 1 heterocycles. The molecule has 1 saturated heterocycles. The molecule has 134 valence electrons. The summed E-state index contributed by atoms with van der Waals surface area (Å²) in [6.45, 7) is 9.39. The Morgan fingerprint density at radius 2 is 2.04 bits per heavy atom. The summed E-state index contributed by atoms with van der Waals surface area (Å²) in [5, 5.41) is 3.62. The largest absolute Gasteiger partial charge is 0.489 e. The first-order valence-electron chi connectivity index (χ1n) is 9.47. The van der Waals surface area contributed by atoms with Crippen LogP contribution in [0.5, 0.6) is 5.75 Å². The van der Waals surface area contributed by atoms with Crippen molar-refractivity contribution in [3.63, 3.8) is 0 Å². The summed E-state index contributed by atoms with van der Waals surface area (Å²) in [5.74, 6) is 0.943. The quantitative estimate of drug-likeness (QED) is 0.782.